The number of halogens is 1. The molecule has 4 rings (SSSR count). The zero-order valence-corrected chi connectivity index (χ0v) is 29.9. The molecule has 1 aromatic carbocycles. The summed E-state index contributed by atoms with van der Waals surface area (Å²) in [5, 5.41) is 10.6. The van der Waals surface area contributed by atoms with E-state index in [0.29, 0.717) is 19.5 Å². The molecule has 3 saturated heterocycles. The molecule has 2 bridgehead atoms. The Morgan fingerprint density at radius 2 is 1.71 bits per heavy atom. The molecule has 3 heterocycles. The average molecular weight is 704 g/mol. The summed E-state index contributed by atoms with van der Waals surface area (Å²) >= 11 is 5.52. The van der Waals surface area contributed by atoms with Crippen LogP contribution < -0.4 is 9.80 Å². The second-order valence-electron chi connectivity index (χ2n) is 12.5. The largest absolute Gasteiger partial charge is 0.394 e. The number of carbonyl (C=O) groups excluding carboxylic acids is 3. The van der Waals surface area contributed by atoms with Crippen LogP contribution in [0.1, 0.15) is 53.9 Å². The van der Waals surface area contributed by atoms with E-state index in [4.69, 9.17) is 0 Å². The van der Waals surface area contributed by atoms with Crippen molar-refractivity contribution < 1.29 is 19.5 Å². The first-order chi connectivity index (χ1) is 21.6. The number of thioether (sulfide) groups is 1. The molecule has 3 unspecified atom stereocenters. The highest BCUT2D eigenvalue weighted by Crippen LogP contribution is 2.68. The van der Waals surface area contributed by atoms with Crippen molar-refractivity contribution >= 4 is 56.8 Å². The zero-order chi connectivity index (χ0) is 33.1. The topological polar surface area (TPSA) is 84.4 Å². The summed E-state index contributed by atoms with van der Waals surface area (Å²) in [5.74, 6) is -1.69. The third-order valence-corrected chi connectivity index (χ3v) is 13.3. The van der Waals surface area contributed by atoms with Crippen LogP contribution in [0.25, 0.3) is 0 Å². The van der Waals surface area contributed by atoms with Crippen LogP contribution >= 0.6 is 27.7 Å². The van der Waals surface area contributed by atoms with Gasteiger partial charge in [0.25, 0.3) is 5.91 Å². The van der Waals surface area contributed by atoms with Crippen molar-refractivity contribution in [3.8, 4) is 0 Å². The van der Waals surface area contributed by atoms with Crippen LogP contribution in [0.4, 0.5) is 11.4 Å². The minimum absolute atomic E-state index is 0.0275. The summed E-state index contributed by atoms with van der Waals surface area (Å²) in [6.45, 7) is 20.9. The quantitative estimate of drug-likeness (QED) is 0.185. The Hall–Kier alpha value is -2.30. The van der Waals surface area contributed by atoms with Crippen LogP contribution in [0.5, 0.6) is 0 Å². The summed E-state index contributed by atoms with van der Waals surface area (Å²) in [7, 11) is 0. The van der Waals surface area contributed by atoms with Gasteiger partial charge in [0.05, 0.1) is 29.2 Å². The molecular weight excluding hydrogens is 652 g/mol. The first-order valence-corrected chi connectivity index (χ1v) is 18.3. The van der Waals surface area contributed by atoms with Gasteiger partial charge in [-0.25, -0.2) is 0 Å². The lowest BCUT2D eigenvalue weighted by Crippen LogP contribution is -2.59. The number of hydrogen-bond acceptors (Lipinski definition) is 6. The summed E-state index contributed by atoms with van der Waals surface area (Å²) in [4.78, 5) is 51.5. The minimum Gasteiger partial charge on any atom is -0.394 e. The van der Waals surface area contributed by atoms with Crippen molar-refractivity contribution in [1.82, 2.24) is 9.80 Å². The highest BCUT2D eigenvalue weighted by molar-refractivity contribution is 9.09. The van der Waals surface area contributed by atoms with Gasteiger partial charge in [0.15, 0.2) is 0 Å². The van der Waals surface area contributed by atoms with Crippen LogP contribution in [-0.2, 0) is 14.4 Å². The summed E-state index contributed by atoms with van der Waals surface area (Å²) in [6.07, 6.45) is 5.56. The zero-order valence-electron chi connectivity index (χ0n) is 27.5. The Bertz CT molecular complexity index is 1240. The fourth-order valence-electron chi connectivity index (χ4n) is 7.76. The Balaban J connectivity index is 1.84. The first-order valence-electron chi connectivity index (χ1n) is 16.5. The third-order valence-electron chi connectivity index (χ3n) is 10.1. The Morgan fingerprint density at radius 3 is 2.24 bits per heavy atom. The fraction of sp³-hybridized carbons (Fsp3) is 0.629. The maximum Gasteiger partial charge on any atom is 0.251 e. The van der Waals surface area contributed by atoms with Crippen molar-refractivity contribution in [3.05, 3.63) is 49.6 Å². The van der Waals surface area contributed by atoms with Crippen LogP contribution in [0.15, 0.2) is 49.6 Å². The Morgan fingerprint density at radius 1 is 1.09 bits per heavy atom. The van der Waals surface area contributed by atoms with E-state index in [0.717, 1.165) is 37.3 Å². The number of anilines is 2. The molecule has 248 valence electrons. The van der Waals surface area contributed by atoms with Gasteiger partial charge in [-0.1, -0.05) is 55.3 Å². The van der Waals surface area contributed by atoms with Gasteiger partial charge >= 0.3 is 0 Å². The predicted molar refractivity (Wildman–Crippen MR) is 189 cm³/mol. The van der Waals surface area contributed by atoms with Crippen molar-refractivity contribution in [1.29, 1.82) is 0 Å². The molecule has 0 aromatic heterocycles. The van der Waals surface area contributed by atoms with Crippen LogP contribution in [0.2, 0.25) is 0 Å². The molecule has 0 radical (unpaired) electrons. The van der Waals surface area contributed by atoms with E-state index in [9.17, 15) is 14.7 Å². The standard InChI is InChI=1S/C35H51BrN4O4S/c1-8-18-38(19-9-2)32(42)28-29-33(43)40(27(22-41)23(7)11-4)31(35(29)21-26(36)30(28)45-35)34(44)39(20-10-3)25-16-14-24(15-17-25)37(12-5)13-6/h8,10,14-17,23,26-31,41H,1,3,9,11-13,18-22H2,2,4-7H3/t23-,26?,27-,28+,29-,30+,31?,35?/m0/s1. The van der Waals surface area contributed by atoms with Crippen LogP contribution in [0.3, 0.4) is 0 Å². The van der Waals surface area contributed by atoms with Crippen molar-refractivity contribution in [2.24, 2.45) is 17.8 Å². The highest BCUT2D eigenvalue weighted by Gasteiger charge is 2.76. The second-order valence-corrected chi connectivity index (χ2v) is 15.3. The van der Waals surface area contributed by atoms with E-state index in [-0.39, 0.29) is 46.9 Å². The lowest BCUT2D eigenvalue weighted by Gasteiger charge is -2.41. The number of alkyl halides is 1. The molecule has 8 nitrogen and oxygen atoms in total. The van der Waals surface area contributed by atoms with Gasteiger partial charge < -0.3 is 24.7 Å². The molecule has 3 fully saturated rings. The maximum absolute atomic E-state index is 15.1. The van der Waals surface area contributed by atoms with Gasteiger partial charge in [-0.15, -0.1) is 24.9 Å². The van der Waals surface area contributed by atoms with Crippen molar-refractivity contribution in [2.45, 2.75) is 80.8 Å². The molecule has 1 N–H and O–H groups in total. The number of amides is 3. The average Bonchev–Trinajstić information content (AvgIpc) is 3.63. The molecule has 0 aliphatic carbocycles. The number of carbonyl (C=O) groups is 3. The lowest BCUT2D eigenvalue weighted by atomic mass is 9.70. The van der Waals surface area contributed by atoms with E-state index in [1.807, 2.05) is 45.0 Å². The smallest absolute Gasteiger partial charge is 0.251 e. The molecule has 8 atom stereocenters. The van der Waals surface area contributed by atoms with Gasteiger partial charge in [0.1, 0.15) is 6.04 Å². The minimum atomic E-state index is -0.838. The maximum atomic E-state index is 15.1. The molecule has 1 spiro atoms. The van der Waals surface area contributed by atoms with Gasteiger partial charge in [-0.05, 0) is 56.9 Å². The third kappa shape index (κ3) is 6.23. The molecular formula is C35H51BrN4O4S. The van der Waals surface area contributed by atoms with E-state index >= 15 is 4.79 Å². The van der Waals surface area contributed by atoms with Gasteiger partial charge in [-0.2, -0.15) is 0 Å². The fourth-order valence-corrected chi connectivity index (χ4v) is 11.3. The molecule has 10 heteroatoms. The number of hydrogen-bond donors (Lipinski definition) is 1. The van der Waals surface area contributed by atoms with Crippen LogP contribution in [0, 0.1) is 17.8 Å². The van der Waals surface area contributed by atoms with Gasteiger partial charge in [-0.3, -0.25) is 14.4 Å². The van der Waals surface area contributed by atoms with E-state index in [1.54, 1.807) is 38.6 Å². The molecule has 3 aliphatic heterocycles. The van der Waals surface area contributed by atoms with Crippen LogP contribution in [-0.4, -0.2) is 98.9 Å². The molecule has 0 saturated carbocycles. The Kier molecular flexibility index (Phi) is 11.9. The number of likely N-dealkylation sites (tertiary alicyclic amines) is 1. The van der Waals surface area contributed by atoms with E-state index in [2.05, 4.69) is 47.8 Å². The summed E-state index contributed by atoms with van der Waals surface area (Å²) < 4.78 is -0.805. The molecule has 1 aromatic rings. The summed E-state index contributed by atoms with van der Waals surface area (Å²) in [6, 6.07) is 6.59. The summed E-state index contributed by atoms with van der Waals surface area (Å²) in [5.41, 5.74) is 1.81. The normalized spacial score (nSPS) is 28.0. The van der Waals surface area contributed by atoms with Gasteiger partial charge in [0, 0.05) is 54.2 Å². The number of rotatable bonds is 16. The highest BCUT2D eigenvalue weighted by atomic mass is 79.9. The van der Waals surface area contributed by atoms with Crippen molar-refractivity contribution in [2.75, 3.05) is 49.1 Å². The number of fused-ring (bicyclic) bond motifs is 1. The number of nitrogens with zero attached hydrogens (tertiary/aromatic N) is 4. The Labute approximate surface area is 282 Å². The second kappa shape index (κ2) is 15.1. The molecule has 45 heavy (non-hydrogen) atoms. The number of aliphatic hydroxyl groups is 1. The first kappa shape index (κ1) is 35.6. The number of aliphatic hydroxyl groups excluding tert-OH is 1. The number of benzene rings is 1. The van der Waals surface area contributed by atoms with E-state index in [1.165, 1.54) is 0 Å². The molecule has 3 aliphatic rings. The van der Waals surface area contributed by atoms with E-state index < -0.39 is 28.7 Å². The molecule has 3 amide bonds. The predicted octanol–water partition coefficient (Wildman–Crippen LogP) is 5.35. The SMILES string of the molecule is C=CCN(CCC)C(=O)[C@H]1[C@@H]2SC3(CC2Br)C(C(=O)N(CC=C)c2ccc(N(CC)CC)cc2)N([C@@H](CO)[C@@H](C)CC)C(=O)[C@H]13. The van der Waals surface area contributed by atoms with Crippen molar-refractivity contribution in [3.63, 3.8) is 0 Å². The lowest BCUT2D eigenvalue weighted by molar-refractivity contribution is -0.146. The van der Waals surface area contributed by atoms with Gasteiger partial charge in [0.2, 0.25) is 11.8 Å². The monoisotopic (exact) mass is 702 g/mol.